The summed E-state index contributed by atoms with van der Waals surface area (Å²) in [6.07, 6.45) is 0.0603. The Hall–Kier alpha value is -1.19. The van der Waals surface area contributed by atoms with Gasteiger partial charge in [-0.05, 0) is 55.2 Å². The summed E-state index contributed by atoms with van der Waals surface area (Å²) in [5.41, 5.74) is 0.796. The molecule has 29 heavy (non-hydrogen) atoms. The summed E-state index contributed by atoms with van der Waals surface area (Å²) in [4.78, 5) is 3.45. The number of nitrogens with one attached hydrogen (secondary N) is 1. The van der Waals surface area contributed by atoms with Gasteiger partial charge in [-0.3, -0.25) is 4.90 Å². The highest BCUT2D eigenvalue weighted by atomic mass is 32.2. The van der Waals surface area contributed by atoms with Crippen LogP contribution in [0.2, 0.25) is 0 Å². The van der Waals surface area contributed by atoms with Crippen LogP contribution >= 0.6 is 23.1 Å². The number of hydrogen-bond acceptors (Lipinski definition) is 5. The standard InChI is InChI=1S/C20H25F3N4S2/c21-20(22,23)18-11-15(17-4-2-8-29-17)24-19-12-14(25-27(18)19)16-3-1-7-26(16)13-5-9-28-10-6-13/h2,4,8,12-13,15-16,18,24H,1,3,5-7,9-11H2/t15-,16-,18+/m0/s1. The second-order valence-corrected chi connectivity index (χ2v) is 10.3. The van der Waals surface area contributed by atoms with E-state index in [2.05, 4.69) is 15.3 Å². The zero-order valence-corrected chi connectivity index (χ0v) is 17.7. The van der Waals surface area contributed by atoms with Gasteiger partial charge in [-0.15, -0.1) is 11.3 Å². The van der Waals surface area contributed by atoms with Gasteiger partial charge in [-0.2, -0.15) is 30.0 Å². The maximum atomic E-state index is 13.9. The molecule has 3 atom stereocenters. The molecular weight excluding hydrogens is 417 g/mol. The molecule has 0 unspecified atom stereocenters. The summed E-state index contributed by atoms with van der Waals surface area (Å²) >= 11 is 3.50. The Bertz CT molecular complexity index is 829. The normalized spacial score (nSPS) is 29.0. The third-order valence-electron chi connectivity index (χ3n) is 6.39. The first-order valence-corrected chi connectivity index (χ1v) is 12.3. The molecule has 2 saturated heterocycles. The first-order valence-electron chi connectivity index (χ1n) is 10.3. The molecule has 5 heterocycles. The molecule has 0 amide bonds. The Morgan fingerprint density at radius 3 is 2.72 bits per heavy atom. The van der Waals surface area contributed by atoms with Crippen molar-refractivity contribution in [1.29, 1.82) is 0 Å². The number of thiophene rings is 1. The number of aromatic nitrogens is 2. The predicted molar refractivity (Wildman–Crippen MR) is 112 cm³/mol. The van der Waals surface area contributed by atoms with Gasteiger partial charge in [0.25, 0.3) is 0 Å². The van der Waals surface area contributed by atoms with Gasteiger partial charge in [-0.25, -0.2) is 4.68 Å². The van der Waals surface area contributed by atoms with Gasteiger partial charge in [0.15, 0.2) is 6.04 Å². The predicted octanol–water partition coefficient (Wildman–Crippen LogP) is 5.64. The topological polar surface area (TPSA) is 33.1 Å². The zero-order chi connectivity index (χ0) is 20.0. The maximum Gasteiger partial charge on any atom is 0.410 e. The molecule has 4 nitrogen and oxygen atoms in total. The molecule has 2 aromatic heterocycles. The lowest BCUT2D eigenvalue weighted by atomic mass is 10.0. The third-order valence-corrected chi connectivity index (χ3v) is 8.43. The minimum Gasteiger partial charge on any atom is -0.363 e. The zero-order valence-electron chi connectivity index (χ0n) is 16.1. The van der Waals surface area contributed by atoms with Crippen LogP contribution < -0.4 is 5.32 Å². The van der Waals surface area contributed by atoms with E-state index in [1.807, 2.05) is 35.3 Å². The summed E-state index contributed by atoms with van der Waals surface area (Å²) in [5.74, 6) is 2.85. The Morgan fingerprint density at radius 2 is 2.00 bits per heavy atom. The van der Waals surface area contributed by atoms with E-state index in [4.69, 9.17) is 0 Å². The Labute approximate surface area is 176 Å². The second-order valence-electron chi connectivity index (χ2n) is 8.14. The molecule has 5 rings (SSSR count). The summed E-state index contributed by atoms with van der Waals surface area (Å²) in [6, 6.07) is 4.43. The molecule has 0 bridgehead atoms. The average Bonchev–Trinajstić information content (AvgIpc) is 3.46. The molecule has 2 fully saturated rings. The van der Waals surface area contributed by atoms with E-state index in [-0.39, 0.29) is 18.5 Å². The summed E-state index contributed by atoms with van der Waals surface area (Å²) < 4.78 is 42.9. The van der Waals surface area contributed by atoms with E-state index in [0.717, 1.165) is 30.0 Å². The molecule has 0 radical (unpaired) electrons. The monoisotopic (exact) mass is 442 g/mol. The number of likely N-dealkylation sites (tertiary alicyclic amines) is 1. The van der Waals surface area contributed by atoms with Gasteiger partial charge in [-0.1, -0.05) is 6.07 Å². The van der Waals surface area contributed by atoms with E-state index in [1.165, 1.54) is 40.4 Å². The van der Waals surface area contributed by atoms with Crippen molar-refractivity contribution in [3.63, 3.8) is 0 Å². The number of halogens is 3. The van der Waals surface area contributed by atoms with E-state index in [1.54, 1.807) is 0 Å². The van der Waals surface area contributed by atoms with Crippen molar-refractivity contribution in [3.8, 4) is 0 Å². The van der Waals surface area contributed by atoms with Gasteiger partial charge in [0.05, 0.1) is 17.8 Å². The van der Waals surface area contributed by atoms with Crippen molar-refractivity contribution in [3.05, 3.63) is 34.2 Å². The van der Waals surface area contributed by atoms with E-state index < -0.39 is 12.2 Å². The molecule has 0 aliphatic carbocycles. The van der Waals surface area contributed by atoms with Crippen LogP contribution in [0.1, 0.15) is 60.8 Å². The lowest BCUT2D eigenvalue weighted by Crippen LogP contribution is -2.38. The Morgan fingerprint density at radius 1 is 1.17 bits per heavy atom. The van der Waals surface area contributed by atoms with Crippen molar-refractivity contribution in [2.24, 2.45) is 0 Å². The summed E-state index contributed by atoms with van der Waals surface area (Å²) in [6.45, 7) is 1.02. The minimum atomic E-state index is -4.31. The molecule has 3 aliphatic heterocycles. The SMILES string of the molecule is FC(F)(F)[C@H]1C[C@@H](c2cccs2)Nc2cc([C@@H]3CCCN3C3CCSCC3)nn21. The maximum absolute atomic E-state index is 13.9. The molecule has 0 spiro atoms. The van der Waals surface area contributed by atoms with Crippen molar-refractivity contribution < 1.29 is 13.2 Å². The third kappa shape index (κ3) is 3.81. The number of hydrogen-bond donors (Lipinski definition) is 1. The molecule has 3 aliphatic rings. The van der Waals surface area contributed by atoms with Gasteiger partial charge in [0, 0.05) is 23.4 Å². The van der Waals surface area contributed by atoms with E-state index in [9.17, 15) is 13.2 Å². The highest BCUT2D eigenvalue weighted by molar-refractivity contribution is 7.99. The molecule has 158 valence electrons. The highest BCUT2D eigenvalue weighted by Gasteiger charge is 2.47. The Balaban J connectivity index is 1.45. The lowest BCUT2D eigenvalue weighted by Gasteiger charge is -2.34. The van der Waals surface area contributed by atoms with Crippen molar-refractivity contribution in [2.45, 2.75) is 62.4 Å². The summed E-state index contributed by atoms with van der Waals surface area (Å²) in [5, 5.41) is 9.77. The van der Waals surface area contributed by atoms with Gasteiger partial charge >= 0.3 is 6.18 Å². The number of alkyl halides is 3. The quantitative estimate of drug-likeness (QED) is 0.667. The average molecular weight is 443 g/mol. The largest absolute Gasteiger partial charge is 0.410 e. The first-order chi connectivity index (χ1) is 14.0. The number of rotatable bonds is 3. The van der Waals surface area contributed by atoms with Crippen LogP contribution in [0.4, 0.5) is 19.0 Å². The summed E-state index contributed by atoms with van der Waals surface area (Å²) in [7, 11) is 0. The number of thioether (sulfide) groups is 1. The lowest BCUT2D eigenvalue weighted by molar-refractivity contribution is -0.173. The Kier molecular flexibility index (Phi) is 5.32. The van der Waals surface area contributed by atoms with Gasteiger partial charge < -0.3 is 5.32 Å². The number of anilines is 1. The number of fused-ring (bicyclic) bond motifs is 1. The minimum absolute atomic E-state index is 0.0215. The fraction of sp³-hybridized carbons (Fsp3) is 0.650. The second kappa shape index (κ2) is 7.81. The van der Waals surface area contributed by atoms with Crippen molar-refractivity contribution in [1.82, 2.24) is 14.7 Å². The highest BCUT2D eigenvalue weighted by Crippen LogP contribution is 2.46. The number of nitrogens with zero attached hydrogens (tertiary/aromatic N) is 3. The van der Waals surface area contributed by atoms with Crippen LogP contribution in [0.15, 0.2) is 23.6 Å². The molecule has 9 heteroatoms. The van der Waals surface area contributed by atoms with Crippen molar-refractivity contribution >= 4 is 28.9 Å². The van der Waals surface area contributed by atoms with Crippen LogP contribution in [0.3, 0.4) is 0 Å². The fourth-order valence-corrected chi connectivity index (χ4v) is 6.86. The fourth-order valence-electron chi connectivity index (χ4n) is 4.99. The van der Waals surface area contributed by atoms with Crippen LogP contribution in [0.5, 0.6) is 0 Å². The molecule has 0 saturated carbocycles. The first kappa shape index (κ1) is 19.8. The molecule has 2 aromatic rings. The van der Waals surface area contributed by atoms with E-state index in [0.29, 0.717) is 11.9 Å². The van der Waals surface area contributed by atoms with Crippen molar-refractivity contribution in [2.75, 3.05) is 23.4 Å². The van der Waals surface area contributed by atoms with E-state index >= 15 is 0 Å². The van der Waals surface area contributed by atoms with Gasteiger partial charge in [0.2, 0.25) is 0 Å². The van der Waals surface area contributed by atoms with Gasteiger partial charge in [0.1, 0.15) is 5.82 Å². The van der Waals surface area contributed by atoms with Crippen LogP contribution in [0.25, 0.3) is 0 Å². The van der Waals surface area contributed by atoms with Crippen LogP contribution in [-0.4, -0.2) is 44.9 Å². The van der Waals surface area contributed by atoms with Crippen LogP contribution in [0, 0.1) is 0 Å². The molecular formula is C20H25F3N4S2. The smallest absolute Gasteiger partial charge is 0.363 e. The molecule has 1 N–H and O–H groups in total. The molecule has 0 aromatic carbocycles. The van der Waals surface area contributed by atoms with Crippen LogP contribution in [-0.2, 0) is 0 Å².